The predicted octanol–water partition coefficient (Wildman–Crippen LogP) is 2.32. The Labute approximate surface area is 126 Å². The van der Waals surface area contributed by atoms with Crippen LogP contribution in [0, 0.1) is 0 Å². The Hall–Kier alpha value is -1.78. The van der Waals surface area contributed by atoms with Crippen LogP contribution in [0.1, 0.15) is 11.3 Å². The third-order valence-electron chi connectivity index (χ3n) is 4.03. The van der Waals surface area contributed by atoms with Gasteiger partial charge >= 0.3 is 0 Å². The first kappa shape index (κ1) is 14.2. The molecule has 0 unspecified atom stereocenters. The van der Waals surface area contributed by atoms with Crippen LogP contribution in [0.25, 0.3) is 0 Å². The van der Waals surface area contributed by atoms with Gasteiger partial charge in [-0.1, -0.05) is 18.2 Å². The highest BCUT2D eigenvalue weighted by Gasteiger charge is 2.16. The second-order valence-electron chi connectivity index (χ2n) is 5.60. The molecule has 0 amide bonds. The third kappa shape index (κ3) is 3.65. The fourth-order valence-electron chi connectivity index (χ4n) is 2.75. The summed E-state index contributed by atoms with van der Waals surface area (Å²) in [6.07, 6.45) is 1.72. The molecule has 112 valence electrons. The molecule has 0 bridgehead atoms. The molecule has 2 heterocycles. The number of hydrogen-bond donors (Lipinski definition) is 1. The largest absolute Gasteiger partial charge is 0.468 e. The van der Waals surface area contributed by atoms with Crippen molar-refractivity contribution in [2.75, 3.05) is 38.1 Å². The Bertz CT molecular complexity index is 545. The minimum absolute atomic E-state index is 0.768. The van der Waals surface area contributed by atoms with Gasteiger partial charge in [0.15, 0.2) is 0 Å². The fraction of sp³-hybridized carbons (Fsp3) is 0.412. The quantitative estimate of drug-likeness (QED) is 0.913. The van der Waals surface area contributed by atoms with Crippen LogP contribution in [0.4, 0.5) is 5.69 Å². The predicted molar refractivity (Wildman–Crippen MR) is 85.4 cm³/mol. The number of benzene rings is 1. The topological polar surface area (TPSA) is 31.6 Å². The number of para-hydroxylation sites is 1. The van der Waals surface area contributed by atoms with Crippen molar-refractivity contribution >= 4 is 5.69 Å². The maximum absolute atomic E-state index is 5.35. The number of hydrogen-bond acceptors (Lipinski definition) is 4. The molecule has 4 heteroatoms. The fourth-order valence-corrected chi connectivity index (χ4v) is 2.75. The molecule has 0 radical (unpaired) electrons. The van der Waals surface area contributed by atoms with Crippen molar-refractivity contribution in [3.8, 4) is 0 Å². The van der Waals surface area contributed by atoms with E-state index >= 15 is 0 Å². The Kier molecular flexibility index (Phi) is 4.58. The van der Waals surface area contributed by atoms with Crippen LogP contribution in [0.5, 0.6) is 0 Å². The van der Waals surface area contributed by atoms with Gasteiger partial charge in [0.2, 0.25) is 0 Å². The Morgan fingerprint density at radius 1 is 1.00 bits per heavy atom. The molecule has 21 heavy (non-hydrogen) atoms. The number of nitrogens with zero attached hydrogens (tertiary/aromatic N) is 2. The third-order valence-corrected chi connectivity index (χ3v) is 4.03. The van der Waals surface area contributed by atoms with Gasteiger partial charge in [-0.3, -0.25) is 0 Å². The van der Waals surface area contributed by atoms with Gasteiger partial charge in [0.1, 0.15) is 5.76 Å². The van der Waals surface area contributed by atoms with Gasteiger partial charge in [-0.2, -0.15) is 0 Å². The van der Waals surface area contributed by atoms with Crippen LogP contribution in [0.15, 0.2) is 47.1 Å². The van der Waals surface area contributed by atoms with Gasteiger partial charge in [0, 0.05) is 38.4 Å². The van der Waals surface area contributed by atoms with E-state index in [2.05, 4.69) is 46.4 Å². The molecular formula is C17H23N3O. The first-order chi connectivity index (χ1) is 10.3. The second kappa shape index (κ2) is 6.78. The standard InChI is InChI=1S/C17H23N3O/c1-19-8-10-20(11-9-19)17-7-3-2-5-15(17)13-18-14-16-6-4-12-21-16/h2-7,12,18H,8-11,13-14H2,1H3. The number of rotatable bonds is 5. The minimum Gasteiger partial charge on any atom is -0.468 e. The molecule has 4 nitrogen and oxygen atoms in total. The second-order valence-corrected chi connectivity index (χ2v) is 5.60. The zero-order chi connectivity index (χ0) is 14.5. The van der Waals surface area contributed by atoms with Crippen molar-refractivity contribution in [2.24, 2.45) is 0 Å². The van der Waals surface area contributed by atoms with Crippen LogP contribution >= 0.6 is 0 Å². The van der Waals surface area contributed by atoms with Gasteiger partial charge in [-0.15, -0.1) is 0 Å². The van der Waals surface area contributed by atoms with Crippen molar-refractivity contribution in [2.45, 2.75) is 13.1 Å². The number of likely N-dealkylation sites (N-methyl/N-ethyl adjacent to an activating group) is 1. The van der Waals surface area contributed by atoms with E-state index in [1.54, 1.807) is 6.26 Å². The summed E-state index contributed by atoms with van der Waals surface area (Å²) in [7, 11) is 2.19. The van der Waals surface area contributed by atoms with Crippen molar-refractivity contribution in [3.05, 3.63) is 54.0 Å². The summed E-state index contributed by atoms with van der Waals surface area (Å²) in [5.74, 6) is 0.979. The number of furan rings is 1. The lowest BCUT2D eigenvalue weighted by Crippen LogP contribution is -2.44. The van der Waals surface area contributed by atoms with E-state index in [-0.39, 0.29) is 0 Å². The molecule has 1 aromatic carbocycles. The molecule has 1 aliphatic rings. The highest BCUT2D eigenvalue weighted by atomic mass is 16.3. The molecule has 1 aromatic heterocycles. The van der Waals surface area contributed by atoms with Crippen LogP contribution < -0.4 is 10.2 Å². The first-order valence-electron chi connectivity index (χ1n) is 7.57. The van der Waals surface area contributed by atoms with Crippen LogP contribution in [0.2, 0.25) is 0 Å². The van der Waals surface area contributed by atoms with E-state index in [4.69, 9.17) is 4.42 Å². The van der Waals surface area contributed by atoms with Crippen LogP contribution in [0.3, 0.4) is 0 Å². The van der Waals surface area contributed by atoms with E-state index in [1.807, 2.05) is 12.1 Å². The molecule has 2 aromatic rings. The van der Waals surface area contributed by atoms with Crippen molar-refractivity contribution in [1.82, 2.24) is 10.2 Å². The van der Waals surface area contributed by atoms with Gasteiger partial charge in [0.25, 0.3) is 0 Å². The SMILES string of the molecule is CN1CCN(c2ccccc2CNCc2ccco2)CC1. The molecule has 3 rings (SSSR count). The zero-order valence-corrected chi connectivity index (χ0v) is 12.6. The van der Waals surface area contributed by atoms with E-state index in [1.165, 1.54) is 11.3 Å². The highest BCUT2D eigenvalue weighted by Crippen LogP contribution is 2.21. The van der Waals surface area contributed by atoms with Crippen molar-refractivity contribution < 1.29 is 4.42 Å². The normalized spacial score (nSPS) is 16.3. The summed E-state index contributed by atoms with van der Waals surface area (Å²) in [5.41, 5.74) is 2.71. The molecule has 0 saturated carbocycles. The van der Waals surface area contributed by atoms with Gasteiger partial charge in [-0.25, -0.2) is 0 Å². The summed E-state index contributed by atoms with van der Waals surface area (Å²) in [4.78, 5) is 4.87. The molecule has 0 aliphatic carbocycles. The zero-order valence-electron chi connectivity index (χ0n) is 12.6. The van der Waals surface area contributed by atoms with E-state index in [0.29, 0.717) is 0 Å². The lowest BCUT2D eigenvalue weighted by atomic mass is 10.1. The maximum Gasteiger partial charge on any atom is 0.117 e. The molecular weight excluding hydrogens is 262 g/mol. The summed E-state index contributed by atoms with van der Waals surface area (Å²) in [6, 6.07) is 12.6. The van der Waals surface area contributed by atoms with Crippen molar-refractivity contribution in [3.63, 3.8) is 0 Å². The summed E-state index contributed by atoms with van der Waals surface area (Å²) in [5, 5.41) is 3.46. The van der Waals surface area contributed by atoms with Gasteiger partial charge in [-0.05, 0) is 30.8 Å². The average molecular weight is 285 g/mol. The Morgan fingerprint density at radius 3 is 2.57 bits per heavy atom. The molecule has 1 saturated heterocycles. The Balaban J connectivity index is 1.62. The van der Waals surface area contributed by atoms with Crippen LogP contribution in [-0.2, 0) is 13.1 Å². The lowest BCUT2D eigenvalue weighted by Gasteiger charge is -2.35. The first-order valence-corrected chi connectivity index (χ1v) is 7.57. The van der Waals surface area contributed by atoms with E-state index < -0.39 is 0 Å². The lowest BCUT2D eigenvalue weighted by molar-refractivity contribution is 0.312. The number of anilines is 1. The average Bonchev–Trinajstić information content (AvgIpc) is 3.02. The maximum atomic E-state index is 5.35. The van der Waals surface area contributed by atoms with Gasteiger partial charge in [0.05, 0.1) is 12.8 Å². The Morgan fingerprint density at radius 2 is 1.81 bits per heavy atom. The van der Waals surface area contributed by atoms with Crippen molar-refractivity contribution in [1.29, 1.82) is 0 Å². The van der Waals surface area contributed by atoms with Crippen LogP contribution in [-0.4, -0.2) is 38.1 Å². The summed E-state index contributed by atoms with van der Waals surface area (Å²) in [6.45, 7) is 6.10. The molecule has 1 N–H and O–H groups in total. The molecule has 1 aliphatic heterocycles. The van der Waals surface area contributed by atoms with E-state index in [0.717, 1.165) is 45.0 Å². The smallest absolute Gasteiger partial charge is 0.117 e. The number of nitrogens with one attached hydrogen (secondary N) is 1. The molecule has 0 atom stereocenters. The molecule has 0 spiro atoms. The number of piperazine rings is 1. The molecule has 1 fully saturated rings. The monoisotopic (exact) mass is 285 g/mol. The highest BCUT2D eigenvalue weighted by molar-refractivity contribution is 5.54. The van der Waals surface area contributed by atoms with E-state index in [9.17, 15) is 0 Å². The summed E-state index contributed by atoms with van der Waals surface area (Å²) >= 11 is 0. The minimum atomic E-state index is 0.768. The van der Waals surface area contributed by atoms with Gasteiger partial charge < -0.3 is 19.5 Å². The summed E-state index contributed by atoms with van der Waals surface area (Å²) < 4.78 is 5.35.